The summed E-state index contributed by atoms with van der Waals surface area (Å²) in [4.78, 5) is 53.3. The van der Waals surface area contributed by atoms with Gasteiger partial charge in [0.25, 0.3) is 11.1 Å². The zero-order valence-corrected chi connectivity index (χ0v) is 24.9. The lowest BCUT2D eigenvalue weighted by Crippen LogP contribution is -2.42. The Bertz CT molecular complexity index is 2070. The van der Waals surface area contributed by atoms with Gasteiger partial charge in [-0.25, -0.2) is 13.8 Å². The maximum Gasteiger partial charge on any atom is 0.337 e. The highest BCUT2D eigenvalue weighted by Gasteiger charge is 2.24. The number of anilines is 3. The van der Waals surface area contributed by atoms with Crippen molar-refractivity contribution in [2.75, 3.05) is 10.6 Å². The molecule has 0 saturated heterocycles. The fraction of sp³-hybridized carbons (Fsp3) is 0.133. The average molecular weight is 681 g/mol. The topological polar surface area (TPSA) is 127 Å². The van der Waals surface area contributed by atoms with Gasteiger partial charge >= 0.3 is 5.69 Å². The summed E-state index contributed by atoms with van der Waals surface area (Å²) >= 11 is 1.95. The molecule has 42 heavy (non-hydrogen) atoms. The van der Waals surface area contributed by atoms with Crippen molar-refractivity contribution in [2.24, 2.45) is 7.05 Å². The fourth-order valence-electron chi connectivity index (χ4n) is 4.80. The summed E-state index contributed by atoms with van der Waals surface area (Å²) < 4.78 is 19.2. The van der Waals surface area contributed by atoms with Crippen LogP contribution in [0.15, 0.2) is 81.1 Å². The summed E-state index contributed by atoms with van der Waals surface area (Å²) in [7, 11) is 1.42. The number of aromatic hydroxyl groups is 1. The van der Waals surface area contributed by atoms with E-state index in [1.807, 2.05) is 22.6 Å². The van der Waals surface area contributed by atoms with E-state index < -0.39 is 22.6 Å². The largest absolute Gasteiger partial charge is 0.508 e. The molecule has 0 aliphatic rings. The van der Waals surface area contributed by atoms with Gasteiger partial charge < -0.3 is 15.7 Å². The van der Waals surface area contributed by atoms with Crippen molar-refractivity contribution in [1.82, 2.24) is 13.7 Å². The molecule has 5 rings (SSSR count). The van der Waals surface area contributed by atoms with Crippen molar-refractivity contribution in [3.05, 3.63) is 118 Å². The Kier molecular flexibility index (Phi) is 7.73. The third-order valence-corrected chi connectivity index (χ3v) is 7.44. The van der Waals surface area contributed by atoms with Gasteiger partial charge in [-0.1, -0.05) is 18.2 Å². The lowest BCUT2D eigenvalue weighted by Gasteiger charge is -2.21. The Labute approximate surface area is 251 Å². The number of aromatic nitrogens is 3. The van der Waals surface area contributed by atoms with E-state index in [1.54, 1.807) is 49.4 Å². The summed E-state index contributed by atoms with van der Waals surface area (Å²) in [5.41, 5.74) is -0.470. The number of hydrogen-bond acceptors (Lipinski definition) is 6. The molecule has 3 aromatic carbocycles. The number of nitrogens with one attached hydrogen (secondary N) is 2. The molecule has 214 valence electrons. The predicted molar refractivity (Wildman–Crippen MR) is 168 cm³/mol. The molecule has 10 nitrogen and oxygen atoms in total. The number of rotatable bonds is 6. The molecular formula is C30H25FIN5O5. The van der Waals surface area contributed by atoms with Gasteiger partial charge in [0, 0.05) is 34.5 Å². The standard InChI is InChI=1S/C30H25FIN5O5/c1-16-26(34-21-6-4-5-20(14-21)33-17(2)38)25-27(35(3)28(16)40)37(24-12-9-19(32)13-23(24)31)30(42)36(29(25)41)15-18-7-10-22(39)11-8-18/h4-14,34,39H,15H2,1-3H3,(H,33,38). The van der Waals surface area contributed by atoms with Crippen LogP contribution in [-0.2, 0) is 18.4 Å². The maximum atomic E-state index is 15.4. The molecule has 0 atom stereocenters. The molecule has 0 saturated carbocycles. The first-order valence-electron chi connectivity index (χ1n) is 12.7. The van der Waals surface area contributed by atoms with E-state index in [2.05, 4.69) is 10.6 Å². The van der Waals surface area contributed by atoms with E-state index >= 15 is 4.39 Å². The van der Waals surface area contributed by atoms with Gasteiger partial charge in [0.05, 0.1) is 17.9 Å². The van der Waals surface area contributed by atoms with Crippen LogP contribution in [0.4, 0.5) is 21.5 Å². The second-order valence-corrected chi connectivity index (χ2v) is 11.0. The van der Waals surface area contributed by atoms with Gasteiger partial charge in [0.15, 0.2) is 0 Å². The highest BCUT2D eigenvalue weighted by atomic mass is 127. The highest BCUT2D eigenvalue weighted by molar-refractivity contribution is 14.1. The number of nitrogens with zero attached hydrogens (tertiary/aromatic N) is 3. The number of fused-ring (bicyclic) bond motifs is 1. The highest BCUT2D eigenvalue weighted by Crippen LogP contribution is 2.28. The molecule has 12 heteroatoms. The molecule has 0 fully saturated rings. The number of benzene rings is 3. The van der Waals surface area contributed by atoms with Gasteiger partial charge in [-0.15, -0.1) is 0 Å². The Morgan fingerprint density at radius 2 is 1.67 bits per heavy atom. The maximum absolute atomic E-state index is 15.4. The summed E-state index contributed by atoms with van der Waals surface area (Å²) in [5, 5.41) is 15.5. The van der Waals surface area contributed by atoms with Crippen LogP contribution in [-0.4, -0.2) is 24.7 Å². The molecular weight excluding hydrogens is 656 g/mol. The Morgan fingerprint density at radius 1 is 0.976 bits per heavy atom. The SMILES string of the molecule is CC(=O)Nc1cccc(Nc2c(C)c(=O)n(C)c3c2c(=O)n(Cc2ccc(O)cc2)c(=O)n3-c2ccc(I)cc2F)c1. The van der Waals surface area contributed by atoms with Crippen LogP contribution in [0, 0.1) is 16.3 Å². The summed E-state index contributed by atoms with van der Waals surface area (Å²) in [6, 6.07) is 17.0. The van der Waals surface area contributed by atoms with Crippen molar-refractivity contribution in [2.45, 2.75) is 20.4 Å². The minimum absolute atomic E-state index is 0.0154. The van der Waals surface area contributed by atoms with Gasteiger partial charge in [-0.2, -0.15) is 0 Å². The molecule has 5 aromatic rings. The number of hydrogen-bond donors (Lipinski definition) is 3. The van der Waals surface area contributed by atoms with E-state index in [-0.39, 0.29) is 46.2 Å². The Hall–Kier alpha value is -4.72. The third kappa shape index (κ3) is 5.32. The quantitative estimate of drug-likeness (QED) is 0.229. The van der Waals surface area contributed by atoms with E-state index in [0.29, 0.717) is 20.5 Å². The third-order valence-electron chi connectivity index (χ3n) is 6.76. The van der Waals surface area contributed by atoms with Crippen LogP contribution in [0.3, 0.4) is 0 Å². The predicted octanol–water partition coefficient (Wildman–Crippen LogP) is 4.36. The summed E-state index contributed by atoms with van der Waals surface area (Å²) in [6.45, 7) is 2.74. The fourth-order valence-corrected chi connectivity index (χ4v) is 5.25. The molecule has 0 bridgehead atoms. The Balaban J connectivity index is 1.88. The van der Waals surface area contributed by atoms with E-state index in [9.17, 15) is 24.3 Å². The first-order chi connectivity index (χ1) is 20.0. The summed E-state index contributed by atoms with van der Waals surface area (Å²) in [5.74, 6) is -0.977. The Morgan fingerprint density at radius 3 is 2.33 bits per heavy atom. The number of aryl methyl sites for hydroxylation is 1. The molecule has 0 unspecified atom stereocenters. The molecule has 0 aliphatic carbocycles. The molecule has 0 aliphatic heterocycles. The average Bonchev–Trinajstić information content (AvgIpc) is 2.94. The monoisotopic (exact) mass is 681 g/mol. The van der Waals surface area contributed by atoms with Crippen molar-refractivity contribution in [3.8, 4) is 11.4 Å². The van der Waals surface area contributed by atoms with Gasteiger partial charge in [0.2, 0.25) is 5.91 Å². The zero-order valence-electron chi connectivity index (χ0n) is 22.7. The van der Waals surface area contributed by atoms with Crippen LogP contribution in [0.5, 0.6) is 5.75 Å². The lowest BCUT2D eigenvalue weighted by molar-refractivity contribution is -0.114. The summed E-state index contributed by atoms with van der Waals surface area (Å²) in [6.07, 6.45) is 0. The van der Waals surface area contributed by atoms with E-state index in [1.165, 1.54) is 38.2 Å². The number of carbonyl (C=O) groups excluding carboxylic acids is 1. The smallest absolute Gasteiger partial charge is 0.337 e. The van der Waals surface area contributed by atoms with E-state index in [0.717, 1.165) is 13.7 Å². The van der Waals surface area contributed by atoms with Crippen LogP contribution in [0.25, 0.3) is 16.7 Å². The number of carbonyl (C=O) groups is 1. The lowest BCUT2D eigenvalue weighted by atomic mass is 10.1. The number of amides is 1. The van der Waals surface area contributed by atoms with Crippen LogP contribution in [0.1, 0.15) is 18.1 Å². The van der Waals surface area contributed by atoms with Crippen molar-refractivity contribution in [1.29, 1.82) is 0 Å². The second kappa shape index (κ2) is 11.3. The van der Waals surface area contributed by atoms with Crippen LogP contribution < -0.4 is 27.4 Å². The number of pyridine rings is 1. The van der Waals surface area contributed by atoms with Crippen LogP contribution in [0.2, 0.25) is 0 Å². The van der Waals surface area contributed by atoms with Gasteiger partial charge in [-0.3, -0.25) is 23.5 Å². The minimum atomic E-state index is -0.849. The first kappa shape index (κ1) is 28.8. The number of halogens is 2. The molecule has 0 spiro atoms. The minimum Gasteiger partial charge on any atom is -0.508 e. The van der Waals surface area contributed by atoms with E-state index in [4.69, 9.17) is 0 Å². The molecule has 2 heterocycles. The molecule has 2 aromatic heterocycles. The zero-order chi connectivity index (χ0) is 30.3. The second-order valence-electron chi connectivity index (χ2n) is 9.72. The normalized spacial score (nSPS) is 11.1. The van der Waals surface area contributed by atoms with Crippen molar-refractivity contribution < 1.29 is 14.3 Å². The number of phenols is 1. The molecule has 3 N–H and O–H groups in total. The van der Waals surface area contributed by atoms with Crippen LogP contribution >= 0.6 is 22.6 Å². The van der Waals surface area contributed by atoms with Gasteiger partial charge in [0.1, 0.15) is 22.6 Å². The molecule has 0 radical (unpaired) electrons. The number of phenolic OH excluding ortho intramolecular Hbond substituents is 1. The first-order valence-corrected chi connectivity index (χ1v) is 13.8. The van der Waals surface area contributed by atoms with Crippen molar-refractivity contribution >= 4 is 56.6 Å². The van der Waals surface area contributed by atoms with Crippen molar-refractivity contribution in [3.63, 3.8) is 0 Å². The van der Waals surface area contributed by atoms with Gasteiger partial charge in [-0.05, 0) is 83.6 Å². The molecule has 1 amide bonds.